The molecule has 26 heavy (non-hydrogen) atoms. The fourth-order valence-electron chi connectivity index (χ4n) is 3.20. The van der Waals surface area contributed by atoms with Gasteiger partial charge in [-0.3, -0.25) is 9.69 Å². The maximum Gasteiger partial charge on any atom is 0.272 e. The van der Waals surface area contributed by atoms with Gasteiger partial charge >= 0.3 is 0 Å². The minimum Gasteiger partial charge on any atom is -0.472 e. The van der Waals surface area contributed by atoms with Gasteiger partial charge in [-0.05, 0) is 39.3 Å². The Morgan fingerprint density at radius 1 is 1.27 bits per heavy atom. The summed E-state index contributed by atoms with van der Waals surface area (Å²) in [6, 6.07) is 7.92. The minimum absolute atomic E-state index is 0.0356. The van der Waals surface area contributed by atoms with Gasteiger partial charge < -0.3 is 14.8 Å². The van der Waals surface area contributed by atoms with Crippen molar-refractivity contribution in [2.24, 2.45) is 0 Å². The zero-order valence-corrected chi connectivity index (χ0v) is 15.2. The number of aryl methyl sites for hydroxylation is 1. The van der Waals surface area contributed by atoms with E-state index in [0.29, 0.717) is 30.7 Å². The van der Waals surface area contributed by atoms with Crippen LogP contribution in [0.4, 0.5) is 17.5 Å². The van der Waals surface area contributed by atoms with E-state index in [0.717, 1.165) is 12.1 Å². The molecule has 1 amide bonds. The molecule has 0 radical (unpaired) electrons. The van der Waals surface area contributed by atoms with Gasteiger partial charge in [0.25, 0.3) is 5.91 Å². The standard InChI is InChI=1S/C19H22N4O3/c1-12-4-6-13(7-5-12)21-18-20-10-15-16(22-18)23(14-8-9-25-11-14)17(24)19(2,3)26-15/h4-7,10,14H,8-9,11H2,1-3H3,(H,20,21,22)/t14-/m0/s1. The minimum atomic E-state index is -0.954. The van der Waals surface area contributed by atoms with Crippen molar-refractivity contribution in [2.45, 2.75) is 38.8 Å². The van der Waals surface area contributed by atoms with Gasteiger partial charge in [0.2, 0.25) is 5.95 Å². The number of carbonyl (C=O) groups is 1. The summed E-state index contributed by atoms with van der Waals surface area (Å²) in [5.74, 6) is 1.32. The first kappa shape index (κ1) is 16.8. The number of hydrogen-bond acceptors (Lipinski definition) is 6. The van der Waals surface area contributed by atoms with E-state index in [1.54, 1.807) is 24.9 Å². The van der Waals surface area contributed by atoms with Gasteiger partial charge in [-0.25, -0.2) is 4.98 Å². The first-order valence-electron chi connectivity index (χ1n) is 8.75. The number of rotatable bonds is 3. The molecule has 0 spiro atoms. The molecule has 0 aliphatic carbocycles. The van der Waals surface area contributed by atoms with Gasteiger partial charge in [-0.2, -0.15) is 4.98 Å². The summed E-state index contributed by atoms with van der Waals surface area (Å²) in [7, 11) is 0. The second-order valence-electron chi connectivity index (χ2n) is 7.18. The predicted molar refractivity (Wildman–Crippen MR) is 97.9 cm³/mol. The Morgan fingerprint density at radius 2 is 2.04 bits per heavy atom. The SMILES string of the molecule is Cc1ccc(Nc2ncc3c(n2)N([C@H]2CCOC2)C(=O)C(C)(C)O3)cc1. The molecular weight excluding hydrogens is 332 g/mol. The molecule has 1 N–H and O–H groups in total. The molecule has 1 aromatic carbocycles. The van der Waals surface area contributed by atoms with Crippen molar-refractivity contribution in [3.05, 3.63) is 36.0 Å². The van der Waals surface area contributed by atoms with E-state index in [-0.39, 0.29) is 11.9 Å². The van der Waals surface area contributed by atoms with Crippen LogP contribution in [0.15, 0.2) is 30.5 Å². The van der Waals surface area contributed by atoms with Crippen LogP contribution in [0.3, 0.4) is 0 Å². The molecule has 4 rings (SSSR count). The van der Waals surface area contributed by atoms with Crippen LogP contribution in [0, 0.1) is 6.92 Å². The number of hydrogen-bond donors (Lipinski definition) is 1. The summed E-state index contributed by atoms with van der Waals surface area (Å²) >= 11 is 0. The molecule has 136 valence electrons. The Labute approximate surface area is 152 Å². The number of nitrogens with zero attached hydrogens (tertiary/aromatic N) is 3. The fraction of sp³-hybridized carbons (Fsp3) is 0.421. The van der Waals surface area contributed by atoms with Crippen molar-refractivity contribution in [3.8, 4) is 5.75 Å². The molecule has 0 unspecified atom stereocenters. The number of ether oxygens (including phenoxy) is 2. The van der Waals surface area contributed by atoms with Crippen molar-refractivity contribution in [1.82, 2.24) is 9.97 Å². The lowest BCUT2D eigenvalue weighted by Gasteiger charge is -2.40. The van der Waals surface area contributed by atoms with Gasteiger partial charge in [-0.1, -0.05) is 17.7 Å². The van der Waals surface area contributed by atoms with E-state index in [4.69, 9.17) is 9.47 Å². The Hall–Kier alpha value is -2.67. The third kappa shape index (κ3) is 2.99. The zero-order valence-electron chi connectivity index (χ0n) is 15.2. The quantitative estimate of drug-likeness (QED) is 0.913. The Kier molecular flexibility index (Phi) is 4.03. The Morgan fingerprint density at radius 3 is 2.73 bits per heavy atom. The third-order valence-electron chi connectivity index (χ3n) is 4.64. The maximum atomic E-state index is 13.0. The average molecular weight is 354 g/mol. The predicted octanol–water partition coefficient (Wildman–Crippen LogP) is 2.82. The van der Waals surface area contributed by atoms with E-state index in [9.17, 15) is 4.79 Å². The smallest absolute Gasteiger partial charge is 0.272 e. The van der Waals surface area contributed by atoms with E-state index in [1.807, 2.05) is 31.2 Å². The molecule has 7 nitrogen and oxygen atoms in total. The van der Waals surface area contributed by atoms with Crippen molar-refractivity contribution in [3.63, 3.8) is 0 Å². The van der Waals surface area contributed by atoms with Crippen molar-refractivity contribution >= 4 is 23.4 Å². The third-order valence-corrected chi connectivity index (χ3v) is 4.64. The van der Waals surface area contributed by atoms with Crippen LogP contribution in [0.2, 0.25) is 0 Å². The summed E-state index contributed by atoms with van der Waals surface area (Å²) in [5.41, 5.74) is 1.11. The fourth-order valence-corrected chi connectivity index (χ4v) is 3.20. The monoisotopic (exact) mass is 354 g/mol. The molecule has 2 aliphatic heterocycles. The molecule has 7 heteroatoms. The number of nitrogens with one attached hydrogen (secondary N) is 1. The molecule has 1 fully saturated rings. The molecule has 0 bridgehead atoms. The molecule has 2 aromatic rings. The van der Waals surface area contributed by atoms with E-state index >= 15 is 0 Å². The lowest BCUT2D eigenvalue weighted by molar-refractivity contribution is -0.133. The number of amides is 1. The van der Waals surface area contributed by atoms with Crippen molar-refractivity contribution in [1.29, 1.82) is 0 Å². The number of aromatic nitrogens is 2. The molecule has 0 saturated carbocycles. The summed E-state index contributed by atoms with van der Waals surface area (Å²) in [4.78, 5) is 23.6. The van der Waals surface area contributed by atoms with Gasteiger partial charge in [0.15, 0.2) is 17.2 Å². The zero-order chi connectivity index (χ0) is 18.3. The van der Waals surface area contributed by atoms with Gasteiger partial charge in [0.1, 0.15) is 0 Å². The highest BCUT2D eigenvalue weighted by Crippen LogP contribution is 2.39. The Bertz CT molecular complexity index is 829. The molecule has 2 aliphatic rings. The van der Waals surface area contributed by atoms with Crippen molar-refractivity contribution in [2.75, 3.05) is 23.4 Å². The highest BCUT2D eigenvalue weighted by Gasteiger charge is 2.45. The highest BCUT2D eigenvalue weighted by atomic mass is 16.5. The highest BCUT2D eigenvalue weighted by molar-refractivity contribution is 6.02. The van der Waals surface area contributed by atoms with Crippen LogP contribution in [0.5, 0.6) is 5.75 Å². The van der Waals surface area contributed by atoms with Gasteiger partial charge in [0.05, 0.1) is 18.8 Å². The van der Waals surface area contributed by atoms with Gasteiger partial charge in [0, 0.05) is 12.3 Å². The molecular formula is C19H22N4O3. The second-order valence-corrected chi connectivity index (χ2v) is 7.18. The van der Waals surface area contributed by atoms with Gasteiger partial charge in [-0.15, -0.1) is 0 Å². The van der Waals surface area contributed by atoms with E-state index in [2.05, 4.69) is 15.3 Å². The summed E-state index contributed by atoms with van der Waals surface area (Å²) < 4.78 is 11.3. The van der Waals surface area contributed by atoms with Crippen LogP contribution >= 0.6 is 0 Å². The summed E-state index contributed by atoms with van der Waals surface area (Å²) in [6.07, 6.45) is 2.40. The molecule has 1 saturated heterocycles. The second kappa shape index (κ2) is 6.25. The number of anilines is 3. The maximum absolute atomic E-state index is 13.0. The van der Waals surface area contributed by atoms with E-state index in [1.165, 1.54) is 5.56 Å². The average Bonchev–Trinajstić information content (AvgIpc) is 3.12. The topological polar surface area (TPSA) is 76.6 Å². The van der Waals surface area contributed by atoms with E-state index < -0.39 is 5.60 Å². The summed E-state index contributed by atoms with van der Waals surface area (Å²) in [6.45, 7) is 6.71. The van der Waals surface area contributed by atoms with Crippen molar-refractivity contribution < 1.29 is 14.3 Å². The van der Waals surface area contributed by atoms with Crippen LogP contribution < -0.4 is 15.0 Å². The van der Waals surface area contributed by atoms with Crippen LogP contribution in [0.1, 0.15) is 25.8 Å². The first-order valence-corrected chi connectivity index (χ1v) is 8.75. The molecule has 1 atom stereocenters. The van der Waals surface area contributed by atoms with Crippen LogP contribution in [-0.2, 0) is 9.53 Å². The Balaban J connectivity index is 1.70. The number of fused-ring (bicyclic) bond motifs is 1. The summed E-state index contributed by atoms with van der Waals surface area (Å²) in [5, 5.41) is 3.18. The number of carbonyl (C=O) groups excluding carboxylic acids is 1. The normalized spacial score (nSPS) is 21.3. The number of benzene rings is 1. The largest absolute Gasteiger partial charge is 0.472 e. The van der Waals surface area contributed by atoms with Crippen LogP contribution in [-0.4, -0.2) is 40.7 Å². The molecule has 3 heterocycles. The van der Waals surface area contributed by atoms with Crippen LogP contribution in [0.25, 0.3) is 0 Å². The first-order chi connectivity index (χ1) is 12.4. The lowest BCUT2D eigenvalue weighted by atomic mass is 10.0. The lowest BCUT2D eigenvalue weighted by Crippen LogP contribution is -2.56. The molecule has 1 aromatic heterocycles.